The number of carbonyl (C=O) groups excluding carboxylic acids is 3. The van der Waals surface area contributed by atoms with Crippen LogP contribution in [0.4, 0.5) is 0 Å². The Balaban J connectivity index is 4.27. The van der Waals surface area contributed by atoms with Crippen molar-refractivity contribution in [1.82, 2.24) is 0 Å². The molecular weight excluding hydrogens is 781 g/mol. The molecule has 0 aromatic carbocycles. The van der Waals surface area contributed by atoms with Crippen molar-refractivity contribution in [3.05, 3.63) is 12.2 Å². The maximum Gasteiger partial charge on any atom is 0.306 e. The molecule has 0 saturated heterocycles. The highest BCUT2D eigenvalue weighted by Crippen LogP contribution is 2.17. The summed E-state index contributed by atoms with van der Waals surface area (Å²) in [6.45, 7) is 6.67. The smallest absolute Gasteiger partial charge is 0.306 e. The predicted molar refractivity (Wildman–Crippen MR) is 270 cm³/mol. The fourth-order valence-corrected chi connectivity index (χ4v) is 8.50. The molecule has 0 bridgehead atoms. The van der Waals surface area contributed by atoms with Crippen molar-refractivity contribution in [2.75, 3.05) is 13.2 Å². The first-order valence-electron chi connectivity index (χ1n) is 28.2. The summed E-state index contributed by atoms with van der Waals surface area (Å²) in [5, 5.41) is 0. The Labute approximate surface area is 392 Å². The van der Waals surface area contributed by atoms with Gasteiger partial charge in [0.15, 0.2) is 6.10 Å². The van der Waals surface area contributed by atoms with E-state index in [4.69, 9.17) is 14.2 Å². The molecule has 0 fully saturated rings. The average molecular weight is 889 g/mol. The highest BCUT2D eigenvalue weighted by atomic mass is 16.6. The Morgan fingerprint density at radius 3 is 0.794 bits per heavy atom. The highest BCUT2D eigenvalue weighted by molar-refractivity contribution is 5.71. The number of rotatable bonds is 52. The van der Waals surface area contributed by atoms with Gasteiger partial charge in [0.2, 0.25) is 0 Å². The van der Waals surface area contributed by atoms with Crippen LogP contribution in [0, 0.1) is 0 Å². The molecule has 0 aromatic rings. The molecule has 0 aliphatic rings. The molecule has 6 heteroatoms. The zero-order chi connectivity index (χ0) is 45.8. The van der Waals surface area contributed by atoms with Crippen LogP contribution in [0.1, 0.15) is 316 Å². The standard InChI is InChI=1S/C57H108O6/c1-4-7-10-13-16-19-22-24-26-27-28-29-31-32-35-38-41-44-47-50-56(59)62-53-54(52-61-55(58)49-46-43-40-37-34-21-18-15-12-9-6-3)63-57(60)51-48-45-42-39-36-33-30-25-23-20-17-14-11-8-5-2/h25,30,54H,4-24,26-29,31-53H2,1-3H3/b30-25+. The topological polar surface area (TPSA) is 78.9 Å². The summed E-state index contributed by atoms with van der Waals surface area (Å²) in [6.07, 6.45) is 59.2. The lowest BCUT2D eigenvalue weighted by Gasteiger charge is -2.18. The maximum absolute atomic E-state index is 12.8. The molecule has 0 N–H and O–H groups in total. The summed E-state index contributed by atoms with van der Waals surface area (Å²) in [6, 6.07) is 0. The minimum atomic E-state index is -0.768. The van der Waals surface area contributed by atoms with E-state index in [-0.39, 0.29) is 31.1 Å². The largest absolute Gasteiger partial charge is 0.462 e. The fourth-order valence-electron chi connectivity index (χ4n) is 8.50. The van der Waals surface area contributed by atoms with Crippen molar-refractivity contribution in [2.45, 2.75) is 322 Å². The molecule has 0 amide bonds. The Hall–Kier alpha value is -1.85. The zero-order valence-electron chi connectivity index (χ0n) is 42.6. The monoisotopic (exact) mass is 889 g/mol. The van der Waals surface area contributed by atoms with Gasteiger partial charge in [0.25, 0.3) is 0 Å². The van der Waals surface area contributed by atoms with Gasteiger partial charge in [0.1, 0.15) is 13.2 Å². The van der Waals surface area contributed by atoms with E-state index in [0.717, 1.165) is 64.2 Å². The van der Waals surface area contributed by atoms with Crippen LogP contribution in [0.25, 0.3) is 0 Å². The average Bonchev–Trinajstić information content (AvgIpc) is 3.28. The molecule has 372 valence electrons. The predicted octanol–water partition coefficient (Wildman–Crippen LogP) is 18.5. The third-order valence-electron chi connectivity index (χ3n) is 12.8. The molecular formula is C57H108O6. The summed E-state index contributed by atoms with van der Waals surface area (Å²) >= 11 is 0. The molecule has 0 aliphatic carbocycles. The number of carbonyl (C=O) groups is 3. The summed E-state index contributed by atoms with van der Waals surface area (Å²) < 4.78 is 16.8. The second-order valence-corrected chi connectivity index (χ2v) is 19.2. The van der Waals surface area contributed by atoms with Gasteiger partial charge in [-0.1, -0.05) is 264 Å². The number of hydrogen-bond acceptors (Lipinski definition) is 6. The quantitative estimate of drug-likeness (QED) is 0.0262. The van der Waals surface area contributed by atoms with Crippen LogP contribution in [0.5, 0.6) is 0 Å². The second-order valence-electron chi connectivity index (χ2n) is 19.2. The molecule has 0 saturated carbocycles. The molecule has 1 atom stereocenters. The third kappa shape index (κ3) is 51.0. The molecule has 0 aromatic heterocycles. The van der Waals surface area contributed by atoms with Crippen LogP contribution in [-0.2, 0) is 28.6 Å². The third-order valence-corrected chi connectivity index (χ3v) is 12.8. The summed E-state index contributed by atoms with van der Waals surface area (Å²) in [4.78, 5) is 38.0. The first-order chi connectivity index (χ1) is 31.0. The van der Waals surface area contributed by atoms with Gasteiger partial charge in [-0.2, -0.15) is 0 Å². The lowest BCUT2D eigenvalue weighted by molar-refractivity contribution is -0.167. The van der Waals surface area contributed by atoms with Crippen LogP contribution in [0.3, 0.4) is 0 Å². The first-order valence-corrected chi connectivity index (χ1v) is 28.2. The molecule has 0 rings (SSSR count). The Morgan fingerprint density at radius 2 is 0.524 bits per heavy atom. The number of allylic oxidation sites excluding steroid dienone is 2. The van der Waals surface area contributed by atoms with Gasteiger partial charge in [-0.05, 0) is 44.9 Å². The number of hydrogen-bond donors (Lipinski definition) is 0. The van der Waals surface area contributed by atoms with E-state index in [1.807, 2.05) is 0 Å². The summed E-state index contributed by atoms with van der Waals surface area (Å²) in [5.41, 5.74) is 0. The van der Waals surface area contributed by atoms with Crippen molar-refractivity contribution >= 4 is 17.9 Å². The van der Waals surface area contributed by atoms with E-state index < -0.39 is 6.10 Å². The van der Waals surface area contributed by atoms with Crippen molar-refractivity contribution in [2.24, 2.45) is 0 Å². The lowest BCUT2D eigenvalue weighted by atomic mass is 10.0. The minimum Gasteiger partial charge on any atom is -0.462 e. The van der Waals surface area contributed by atoms with Crippen molar-refractivity contribution < 1.29 is 28.6 Å². The van der Waals surface area contributed by atoms with Crippen LogP contribution in [-0.4, -0.2) is 37.2 Å². The maximum atomic E-state index is 12.8. The van der Waals surface area contributed by atoms with Crippen molar-refractivity contribution in [3.63, 3.8) is 0 Å². The van der Waals surface area contributed by atoms with Gasteiger partial charge < -0.3 is 14.2 Å². The normalized spacial score (nSPS) is 12.0. The minimum absolute atomic E-state index is 0.0677. The second kappa shape index (κ2) is 52.8. The van der Waals surface area contributed by atoms with E-state index in [9.17, 15) is 14.4 Å². The Kier molecular flexibility index (Phi) is 51.2. The number of esters is 3. The molecule has 0 radical (unpaired) electrons. The first kappa shape index (κ1) is 61.1. The molecule has 6 nitrogen and oxygen atoms in total. The van der Waals surface area contributed by atoms with E-state index in [1.165, 1.54) is 212 Å². The Bertz CT molecular complexity index is 978. The number of ether oxygens (including phenoxy) is 3. The van der Waals surface area contributed by atoms with Crippen LogP contribution in [0.15, 0.2) is 12.2 Å². The van der Waals surface area contributed by atoms with Crippen LogP contribution in [0.2, 0.25) is 0 Å². The van der Waals surface area contributed by atoms with Crippen molar-refractivity contribution in [3.8, 4) is 0 Å². The van der Waals surface area contributed by atoms with E-state index in [1.54, 1.807) is 0 Å². The van der Waals surface area contributed by atoms with Gasteiger partial charge in [-0.15, -0.1) is 0 Å². The highest BCUT2D eigenvalue weighted by Gasteiger charge is 2.19. The van der Waals surface area contributed by atoms with Crippen LogP contribution < -0.4 is 0 Å². The van der Waals surface area contributed by atoms with Crippen LogP contribution >= 0.6 is 0 Å². The SMILES string of the molecule is CCCCCCCC/C=C/CCCCCCCC(=O)OC(COC(=O)CCCCCCCCCCCCC)COC(=O)CCCCCCCCCCCCCCCCCCCCC. The Morgan fingerprint density at radius 1 is 0.302 bits per heavy atom. The van der Waals surface area contributed by atoms with Gasteiger partial charge >= 0.3 is 17.9 Å². The van der Waals surface area contributed by atoms with E-state index >= 15 is 0 Å². The molecule has 0 spiro atoms. The molecule has 1 unspecified atom stereocenters. The molecule has 63 heavy (non-hydrogen) atoms. The van der Waals surface area contributed by atoms with Gasteiger partial charge in [-0.25, -0.2) is 0 Å². The van der Waals surface area contributed by atoms with Gasteiger partial charge in [0, 0.05) is 19.3 Å². The summed E-state index contributed by atoms with van der Waals surface area (Å²) in [7, 11) is 0. The molecule has 0 aliphatic heterocycles. The lowest BCUT2D eigenvalue weighted by Crippen LogP contribution is -2.30. The van der Waals surface area contributed by atoms with Gasteiger partial charge in [0.05, 0.1) is 0 Å². The molecule has 0 heterocycles. The number of unbranched alkanes of at least 4 members (excludes halogenated alkanes) is 39. The van der Waals surface area contributed by atoms with E-state index in [0.29, 0.717) is 19.3 Å². The van der Waals surface area contributed by atoms with Gasteiger partial charge in [-0.3, -0.25) is 14.4 Å². The fraction of sp³-hybridized carbons (Fsp3) is 0.912. The van der Waals surface area contributed by atoms with E-state index in [2.05, 4.69) is 32.9 Å². The summed E-state index contributed by atoms with van der Waals surface area (Å²) in [5.74, 6) is -0.855. The van der Waals surface area contributed by atoms with Crippen molar-refractivity contribution in [1.29, 1.82) is 0 Å². The zero-order valence-corrected chi connectivity index (χ0v) is 42.6.